The molecule has 1 fully saturated rings. The first-order chi connectivity index (χ1) is 16.8. The minimum absolute atomic E-state index is 0.395. The molecule has 0 aliphatic heterocycles. The van der Waals surface area contributed by atoms with Gasteiger partial charge in [0.1, 0.15) is 11.5 Å². The third-order valence-corrected chi connectivity index (χ3v) is 8.62. The average Bonchev–Trinajstić information content (AvgIpc) is 3.25. The van der Waals surface area contributed by atoms with Crippen molar-refractivity contribution in [2.75, 3.05) is 11.9 Å². The molecule has 3 heterocycles. The summed E-state index contributed by atoms with van der Waals surface area (Å²) in [6.07, 6.45) is 2.14. The number of carbonyl (C=O) groups is 2. The Balaban J connectivity index is 1.34. The number of aromatic nitrogens is 2. The molecule has 0 spiro atoms. The van der Waals surface area contributed by atoms with Gasteiger partial charge in [-0.05, 0) is 37.5 Å². The first kappa shape index (κ1) is 23.1. The number of aliphatic carboxylic acids is 1. The zero-order valence-corrected chi connectivity index (χ0v) is 21.1. The Labute approximate surface area is 210 Å². The summed E-state index contributed by atoms with van der Waals surface area (Å²) in [5, 5.41) is 13.8. The van der Waals surface area contributed by atoms with E-state index in [4.69, 9.17) is 4.74 Å². The van der Waals surface area contributed by atoms with Gasteiger partial charge < -0.3 is 9.84 Å². The third-order valence-electron chi connectivity index (χ3n) is 6.20. The molecule has 0 radical (unpaired) electrons. The van der Waals surface area contributed by atoms with Crippen LogP contribution in [0.5, 0.6) is 0 Å². The number of thiophene rings is 2. The fourth-order valence-corrected chi connectivity index (χ4v) is 6.47. The van der Waals surface area contributed by atoms with Gasteiger partial charge in [0.2, 0.25) is 0 Å². The van der Waals surface area contributed by atoms with Gasteiger partial charge in [0.25, 0.3) is 0 Å². The number of hydrogen-bond acceptors (Lipinski definition) is 6. The molecule has 5 rings (SSSR count). The number of carboxylic acids is 1. The second-order valence-corrected chi connectivity index (χ2v) is 10.8. The first-order valence-corrected chi connectivity index (χ1v) is 12.7. The van der Waals surface area contributed by atoms with E-state index in [1.165, 1.54) is 27.6 Å². The molecule has 35 heavy (non-hydrogen) atoms. The highest BCUT2D eigenvalue weighted by Gasteiger charge is 2.53. The number of amides is 1. The van der Waals surface area contributed by atoms with E-state index in [1.807, 2.05) is 49.4 Å². The highest BCUT2D eigenvalue weighted by Crippen LogP contribution is 2.52. The SMILES string of the molecule is C[C@@H](OC(=O)N(C)c1c(C#Cc2cc3sc(C4(C(=O)O)CC4)cc3s2)cnn1C)c1ccccc1. The Bertz CT molecular complexity index is 1450. The van der Waals surface area contributed by atoms with Gasteiger partial charge in [0, 0.05) is 28.4 Å². The molecule has 1 aliphatic carbocycles. The van der Waals surface area contributed by atoms with Crippen molar-refractivity contribution in [2.45, 2.75) is 31.3 Å². The van der Waals surface area contributed by atoms with Crippen LogP contribution in [0.3, 0.4) is 0 Å². The second-order valence-electron chi connectivity index (χ2n) is 8.59. The topological polar surface area (TPSA) is 84.7 Å². The lowest BCUT2D eigenvalue weighted by atomic mass is 10.1. The summed E-state index contributed by atoms with van der Waals surface area (Å²) in [6, 6.07) is 13.5. The van der Waals surface area contributed by atoms with Crippen molar-refractivity contribution < 1.29 is 19.4 Å². The van der Waals surface area contributed by atoms with E-state index < -0.39 is 23.6 Å². The van der Waals surface area contributed by atoms with Crippen molar-refractivity contribution in [1.82, 2.24) is 9.78 Å². The van der Waals surface area contributed by atoms with E-state index in [9.17, 15) is 14.7 Å². The summed E-state index contributed by atoms with van der Waals surface area (Å²) in [7, 11) is 3.39. The lowest BCUT2D eigenvalue weighted by Crippen LogP contribution is -2.30. The molecule has 7 nitrogen and oxygen atoms in total. The van der Waals surface area contributed by atoms with Crippen LogP contribution in [-0.4, -0.2) is 34.0 Å². The highest BCUT2D eigenvalue weighted by atomic mass is 32.1. The standard InChI is InChI=1S/C26H23N3O4S2/c1-16(17-7-5-4-6-8-17)33-25(32)28(2)23-18(15-27-29(23)3)9-10-19-13-20-21(34-19)14-22(35-20)26(11-12-26)24(30)31/h4-8,13-16H,11-12H2,1-3H3,(H,30,31)/t16-/m1/s1. The van der Waals surface area contributed by atoms with Gasteiger partial charge in [0.15, 0.2) is 5.82 Å². The molecule has 1 N–H and O–H groups in total. The zero-order chi connectivity index (χ0) is 24.7. The number of hydrogen-bond donors (Lipinski definition) is 1. The maximum absolute atomic E-state index is 12.8. The fourth-order valence-electron chi connectivity index (χ4n) is 3.98. The zero-order valence-electron chi connectivity index (χ0n) is 19.4. The number of fused-ring (bicyclic) bond motifs is 1. The number of aryl methyl sites for hydroxylation is 1. The minimum atomic E-state index is -0.740. The molecule has 3 aromatic heterocycles. The van der Waals surface area contributed by atoms with Crippen LogP contribution in [-0.2, 0) is 22.0 Å². The fraction of sp³-hybridized carbons (Fsp3) is 0.269. The number of ether oxygens (including phenoxy) is 1. The second kappa shape index (κ2) is 8.87. The molecule has 1 atom stereocenters. The monoisotopic (exact) mass is 505 g/mol. The van der Waals surface area contributed by atoms with Crippen molar-refractivity contribution in [1.29, 1.82) is 0 Å². The molecule has 1 amide bonds. The van der Waals surface area contributed by atoms with Crippen LogP contribution in [0.25, 0.3) is 9.40 Å². The molecule has 1 aliphatic rings. The average molecular weight is 506 g/mol. The maximum atomic E-state index is 12.8. The van der Waals surface area contributed by atoms with Gasteiger partial charge in [-0.15, -0.1) is 22.7 Å². The summed E-state index contributed by atoms with van der Waals surface area (Å²) < 4.78 is 9.33. The number of carbonyl (C=O) groups excluding carboxylic acids is 1. The summed E-state index contributed by atoms with van der Waals surface area (Å²) in [5.74, 6) is 6.11. The Morgan fingerprint density at radius 3 is 2.54 bits per heavy atom. The summed E-state index contributed by atoms with van der Waals surface area (Å²) >= 11 is 3.07. The van der Waals surface area contributed by atoms with Crippen LogP contribution >= 0.6 is 22.7 Å². The van der Waals surface area contributed by atoms with Crippen molar-refractivity contribution in [3.63, 3.8) is 0 Å². The van der Waals surface area contributed by atoms with Crippen molar-refractivity contribution in [3.05, 3.63) is 69.5 Å². The first-order valence-electron chi connectivity index (χ1n) is 11.1. The number of nitrogens with zero attached hydrogens (tertiary/aromatic N) is 3. The maximum Gasteiger partial charge on any atom is 0.415 e. The lowest BCUT2D eigenvalue weighted by Gasteiger charge is -2.21. The highest BCUT2D eigenvalue weighted by molar-refractivity contribution is 7.28. The predicted octanol–water partition coefficient (Wildman–Crippen LogP) is 5.55. The number of anilines is 1. The van der Waals surface area contributed by atoms with Crippen LogP contribution in [0.2, 0.25) is 0 Å². The van der Waals surface area contributed by atoms with Crippen LogP contribution in [0, 0.1) is 11.8 Å². The Hall–Kier alpha value is -3.61. The van der Waals surface area contributed by atoms with Crippen LogP contribution in [0.1, 0.15) is 46.8 Å². The van der Waals surface area contributed by atoms with Crippen molar-refractivity contribution in [2.24, 2.45) is 7.05 Å². The smallest absolute Gasteiger partial charge is 0.415 e. The minimum Gasteiger partial charge on any atom is -0.481 e. The molecule has 1 aromatic carbocycles. The molecule has 4 aromatic rings. The molecule has 178 valence electrons. The summed E-state index contributed by atoms with van der Waals surface area (Å²) in [6.45, 7) is 1.83. The van der Waals surface area contributed by atoms with E-state index in [0.717, 1.165) is 24.7 Å². The Morgan fingerprint density at radius 1 is 1.17 bits per heavy atom. The van der Waals surface area contributed by atoms with E-state index >= 15 is 0 Å². The van der Waals surface area contributed by atoms with Crippen LogP contribution < -0.4 is 4.90 Å². The van der Waals surface area contributed by atoms with Gasteiger partial charge in [-0.1, -0.05) is 42.2 Å². The van der Waals surface area contributed by atoms with E-state index in [2.05, 4.69) is 16.9 Å². The molecular formula is C26H23N3O4S2. The van der Waals surface area contributed by atoms with Crippen LogP contribution in [0.4, 0.5) is 10.6 Å². The lowest BCUT2D eigenvalue weighted by molar-refractivity contribution is -0.139. The number of carboxylic acid groups (broad SMARTS) is 1. The van der Waals surface area contributed by atoms with Gasteiger partial charge in [0.05, 0.1) is 16.6 Å². The summed E-state index contributed by atoms with van der Waals surface area (Å²) in [5.41, 5.74) is 0.840. The van der Waals surface area contributed by atoms with Crippen LogP contribution in [0.15, 0.2) is 48.7 Å². The molecule has 0 saturated heterocycles. The molecule has 0 unspecified atom stereocenters. The van der Waals surface area contributed by atoms with E-state index in [-0.39, 0.29) is 0 Å². The molecular weight excluding hydrogens is 482 g/mol. The van der Waals surface area contributed by atoms with Gasteiger partial charge in [-0.3, -0.25) is 14.4 Å². The van der Waals surface area contributed by atoms with E-state index in [1.54, 1.807) is 25.0 Å². The molecule has 9 heteroatoms. The predicted molar refractivity (Wildman–Crippen MR) is 137 cm³/mol. The summed E-state index contributed by atoms with van der Waals surface area (Å²) in [4.78, 5) is 27.7. The normalized spacial score (nSPS) is 14.7. The third kappa shape index (κ3) is 4.31. The quantitative estimate of drug-likeness (QED) is 0.360. The van der Waals surface area contributed by atoms with Crippen molar-refractivity contribution >= 4 is 50.0 Å². The van der Waals surface area contributed by atoms with Gasteiger partial charge >= 0.3 is 12.1 Å². The van der Waals surface area contributed by atoms with Crippen molar-refractivity contribution in [3.8, 4) is 11.8 Å². The Kier molecular flexibility index (Phi) is 5.87. The largest absolute Gasteiger partial charge is 0.481 e. The molecule has 0 bridgehead atoms. The van der Waals surface area contributed by atoms with E-state index in [0.29, 0.717) is 24.2 Å². The van der Waals surface area contributed by atoms with Gasteiger partial charge in [-0.2, -0.15) is 5.10 Å². The van der Waals surface area contributed by atoms with Gasteiger partial charge in [-0.25, -0.2) is 4.79 Å². The number of benzene rings is 1. The number of rotatable bonds is 5. The Morgan fingerprint density at radius 2 is 1.89 bits per heavy atom. The molecule has 1 saturated carbocycles.